The smallest absolute Gasteiger partial charge is 0.0680 e. The molecule has 0 saturated heterocycles. The van der Waals surface area contributed by atoms with Gasteiger partial charge in [0.25, 0.3) is 0 Å². The average Bonchev–Trinajstić information content (AvgIpc) is 2.65. The molecule has 0 bridgehead atoms. The third-order valence-corrected chi connectivity index (χ3v) is 3.38. The van der Waals surface area contributed by atoms with E-state index in [0.29, 0.717) is 0 Å². The fourth-order valence-corrected chi connectivity index (χ4v) is 2.43. The van der Waals surface area contributed by atoms with Gasteiger partial charge in [-0.1, -0.05) is 23.7 Å². The molecule has 0 unspecified atom stereocenters. The predicted molar refractivity (Wildman–Crippen MR) is 69.9 cm³/mol. The summed E-state index contributed by atoms with van der Waals surface area (Å²) in [6.07, 6.45) is 5.21. The maximum atomic E-state index is 6.42. The fourth-order valence-electron chi connectivity index (χ4n) is 2.03. The van der Waals surface area contributed by atoms with Crippen LogP contribution in [0.5, 0.6) is 0 Å². The van der Waals surface area contributed by atoms with Crippen LogP contribution in [0, 0.1) is 0 Å². The van der Waals surface area contributed by atoms with Crippen molar-refractivity contribution in [3.8, 4) is 0 Å². The van der Waals surface area contributed by atoms with Crippen LogP contribution in [0.2, 0.25) is 5.02 Å². The van der Waals surface area contributed by atoms with Crippen molar-refractivity contribution in [1.82, 2.24) is 4.57 Å². The Morgan fingerprint density at radius 1 is 1.25 bits per heavy atom. The Labute approximate surface area is 101 Å². The highest BCUT2D eigenvalue weighted by Crippen LogP contribution is 2.28. The minimum absolute atomic E-state index is 0.754. The van der Waals surface area contributed by atoms with E-state index in [-0.39, 0.29) is 0 Å². The molecule has 0 aliphatic carbocycles. The van der Waals surface area contributed by atoms with Crippen molar-refractivity contribution in [2.75, 3.05) is 6.54 Å². The molecule has 2 nitrogen and oxygen atoms in total. The van der Waals surface area contributed by atoms with Crippen LogP contribution >= 0.6 is 11.6 Å². The zero-order valence-electron chi connectivity index (χ0n) is 9.54. The number of rotatable bonds is 4. The van der Waals surface area contributed by atoms with Gasteiger partial charge in [-0.15, -0.1) is 0 Å². The van der Waals surface area contributed by atoms with Crippen molar-refractivity contribution < 1.29 is 0 Å². The Hall–Kier alpha value is -0.990. The summed E-state index contributed by atoms with van der Waals surface area (Å²) in [5, 5.41) is 2.09. The standard InChI is InChI=1S/C13H17ClN2/c1-16-9-7-11-6-5-10(4-2-3-8-15)12(14)13(11)16/h5-7,9H,2-4,8,15H2,1H3. The van der Waals surface area contributed by atoms with Crippen LogP contribution in [0.1, 0.15) is 18.4 Å². The van der Waals surface area contributed by atoms with E-state index in [0.717, 1.165) is 36.3 Å². The summed E-state index contributed by atoms with van der Waals surface area (Å²) in [5.74, 6) is 0. The number of nitrogens with zero attached hydrogens (tertiary/aromatic N) is 1. The van der Waals surface area contributed by atoms with Crippen molar-refractivity contribution >= 4 is 22.5 Å². The molecule has 86 valence electrons. The van der Waals surface area contributed by atoms with Crippen LogP contribution < -0.4 is 5.73 Å². The monoisotopic (exact) mass is 236 g/mol. The highest BCUT2D eigenvalue weighted by Gasteiger charge is 2.07. The predicted octanol–water partition coefficient (Wildman–Crippen LogP) is 3.11. The van der Waals surface area contributed by atoms with Gasteiger partial charge in [0.05, 0.1) is 10.5 Å². The largest absolute Gasteiger partial charge is 0.349 e. The van der Waals surface area contributed by atoms with Crippen molar-refractivity contribution in [2.24, 2.45) is 12.8 Å². The molecule has 2 N–H and O–H groups in total. The number of unbranched alkanes of at least 4 members (excludes halogenated alkanes) is 1. The molecule has 2 rings (SSSR count). The fraction of sp³-hybridized carbons (Fsp3) is 0.385. The lowest BCUT2D eigenvalue weighted by atomic mass is 10.1. The lowest BCUT2D eigenvalue weighted by molar-refractivity contribution is 0.745. The summed E-state index contributed by atoms with van der Waals surface area (Å²) >= 11 is 6.42. The van der Waals surface area contributed by atoms with Crippen LogP contribution in [0.25, 0.3) is 10.9 Å². The first kappa shape index (κ1) is 11.5. The summed E-state index contributed by atoms with van der Waals surface area (Å²) in [7, 11) is 2.03. The van der Waals surface area contributed by atoms with Crippen molar-refractivity contribution in [3.05, 3.63) is 35.0 Å². The Bertz CT molecular complexity index is 488. The Kier molecular flexibility index (Phi) is 3.52. The van der Waals surface area contributed by atoms with Gasteiger partial charge in [0.2, 0.25) is 0 Å². The average molecular weight is 237 g/mol. The van der Waals surface area contributed by atoms with Crippen molar-refractivity contribution in [3.63, 3.8) is 0 Å². The lowest BCUT2D eigenvalue weighted by Gasteiger charge is -2.07. The molecule has 1 aromatic carbocycles. The second-order valence-electron chi connectivity index (χ2n) is 4.15. The molecule has 0 aliphatic rings. The van der Waals surface area contributed by atoms with Gasteiger partial charge in [0.1, 0.15) is 0 Å². The van der Waals surface area contributed by atoms with Crippen LogP contribution in [-0.2, 0) is 13.5 Å². The lowest BCUT2D eigenvalue weighted by Crippen LogP contribution is -1.99. The number of hydrogen-bond acceptors (Lipinski definition) is 1. The minimum Gasteiger partial charge on any atom is -0.349 e. The van der Waals surface area contributed by atoms with Crippen LogP contribution in [0.3, 0.4) is 0 Å². The zero-order chi connectivity index (χ0) is 11.5. The van der Waals surface area contributed by atoms with Crippen molar-refractivity contribution in [2.45, 2.75) is 19.3 Å². The summed E-state index contributed by atoms with van der Waals surface area (Å²) in [6, 6.07) is 6.35. The summed E-state index contributed by atoms with van der Waals surface area (Å²) in [6.45, 7) is 0.754. The molecule has 0 saturated carbocycles. The molecule has 0 amide bonds. The maximum absolute atomic E-state index is 6.42. The number of nitrogens with two attached hydrogens (primary N) is 1. The van der Waals surface area contributed by atoms with Gasteiger partial charge >= 0.3 is 0 Å². The Morgan fingerprint density at radius 3 is 2.81 bits per heavy atom. The first-order valence-electron chi connectivity index (χ1n) is 5.66. The first-order chi connectivity index (χ1) is 7.74. The molecule has 2 aromatic rings. The molecule has 0 fully saturated rings. The highest BCUT2D eigenvalue weighted by atomic mass is 35.5. The molecule has 1 heterocycles. The van der Waals surface area contributed by atoms with Crippen LogP contribution in [-0.4, -0.2) is 11.1 Å². The van der Waals surface area contributed by atoms with E-state index in [1.807, 2.05) is 13.2 Å². The van der Waals surface area contributed by atoms with E-state index >= 15 is 0 Å². The van der Waals surface area contributed by atoms with Gasteiger partial charge in [-0.25, -0.2) is 0 Å². The van der Waals surface area contributed by atoms with E-state index in [2.05, 4.69) is 22.8 Å². The number of halogens is 1. The Balaban J connectivity index is 2.32. The van der Waals surface area contributed by atoms with E-state index in [1.165, 1.54) is 10.9 Å². The molecule has 3 heteroatoms. The van der Waals surface area contributed by atoms with Gasteiger partial charge in [-0.05, 0) is 37.4 Å². The molecule has 0 atom stereocenters. The van der Waals surface area contributed by atoms with Crippen LogP contribution in [0.4, 0.5) is 0 Å². The zero-order valence-corrected chi connectivity index (χ0v) is 10.3. The van der Waals surface area contributed by atoms with Crippen molar-refractivity contribution in [1.29, 1.82) is 0 Å². The number of fused-ring (bicyclic) bond motifs is 1. The summed E-state index contributed by atoms with van der Waals surface area (Å²) < 4.78 is 2.07. The second kappa shape index (κ2) is 4.89. The van der Waals surface area contributed by atoms with E-state index in [1.54, 1.807) is 0 Å². The molecule has 0 spiro atoms. The molecule has 0 aliphatic heterocycles. The second-order valence-corrected chi connectivity index (χ2v) is 4.53. The number of benzene rings is 1. The summed E-state index contributed by atoms with van der Waals surface area (Å²) in [5.41, 5.74) is 7.85. The van der Waals surface area contributed by atoms with E-state index in [4.69, 9.17) is 17.3 Å². The third-order valence-electron chi connectivity index (χ3n) is 2.96. The SMILES string of the molecule is Cn1ccc2ccc(CCCCN)c(Cl)c21. The Morgan fingerprint density at radius 2 is 2.06 bits per heavy atom. The van der Waals surface area contributed by atoms with Gasteiger partial charge in [0, 0.05) is 18.6 Å². The maximum Gasteiger partial charge on any atom is 0.0680 e. The first-order valence-corrected chi connectivity index (χ1v) is 6.04. The quantitative estimate of drug-likeness (QED) is 0.813. The number of aryl methyl sites for hydroxylation is 2. The molecular formula is C13H17ClN2. The minimum atomic E-state index is 0.754. The van der Waals surface area contributed by atoms with Crippen LogP contribution in [0.15, 0.2) is 24.4 Å². The molecule has 0 radical (unpaired) electrons. The number of hydrogen-bond donors (Lipinski definition) is 1. The normalized spacial score (nSPS) is 11.2. The molecular weight excluding hydrogens is 220 g/mol. The molecule has 1 aromatic heterocycles. The van der Waals surface area contributed by atoms with Gasteiger partial charge in [-0.2, -0.15) is 0 Å². The molecule has 16 heavy (non-hydrogen) atoms. The topological polar surface area (TPSA) is 30.9 Å². The van der Waals surface area contributed by atoms with Gasteiger partial charge in [-0.3, -0.25) is 0 Å². The highest BCUT2D eigenvalue weighted by molar-refractivity contribution is 6.36. The van der Waals surface area contributed by atoms with Gasteiger partial charge in [0.15, 0.2) is 0 Å². The number of aromatic nitrogens is 1. The summed E-state index contributed by atoms with van der Waals surface area (Å²) in [4.78, 5) is 0. The van der Waals surface area contributed by atoms with Gasteiger partial charge < -0.3 is 10.3 Å². The third kappa shape index (κ3) is 2.08. The van der Waals surface area contributed by atoms with E-state index < -0.39 is 0 Å². The van der Waals surface area contributed by atoms with E-state index in [9.17, 15) is 0 Å².